The van der Waals surface area contributed by atoms with E-state index in [0.29, 0.717) is 23.3 Å². The Bertz CT molecular complexity index is 1030. The molecule has 3 aromatic rings. The van der Waals surface area contributed by atoms with E-state index in [2.05, 4.69) is 9.97 Å². The van der Waals surface area contributed by atoms with Gasteiger partial charge in [0.05, 0.1) is 26.9 Å². The van der Waals surface area contributed by atoms with Crippen molar-refractivity contribution in [1.82, 2.24) is 9.97 Å². The maximum Gasteiger partial charge on any atom is 0.324 e. The van der Waals surface area contributed by atoms with E-state index < -0.39 is 37.6 Å². The predicted octanol–water partition coefficient (Wildman–Crippen LogP) is 2.82. The van der Waals surface area contributed by atoms with Gasteiger partial charge in [0.2, 0.25) is 0 Å². The zero-order valence-corrected chi connectivity index (χ0v) is 14.8. The van der Waals surface area contributed by atoms with Gasteiger partial charge in [0, 0.05) is 35.9 Å². The molecule has 0 aliphatic carbocycles. The van der Waals surface area contributed by atoms with Gasteiger partial charge >= 0.3 is 11.4 Å². The summed E-state index contributed by atoms with van der Waals surface area (Å²) < 4.78 is 0. The van der Waals surface area contributed by atoms with Crippen LogP contribution in [0.5, 0.6) is 5.75 Å². The Labute approximate surface area is 166 Å². The highest BCUT2D eigenvalue weighted by Crippen LogP contribution is 2.38. The van der Waals surface area contributed by atoms with E-state index in [0.717, 1.165) is 0 Å². The van der Waals surface area contributed by atoms with Crippen LogP contribution in [-0.2, 0) is 0 Å². The van der Waals surface area contributed by atoms with Gasteiger partial charge in [-0.2, -0.15) is 0 Å². The van der Waals surface area contributed by atoms with Crippen LogP contribution in [-0.4, -0.2) is 35.6 Å². The van der Waals surface area contributed by atoms with Crippen LogP contribution in [0.15, 0.2) is 61.2 Å². The Kier molecular flexibility index (Phi) is 6.74. The number of hydrogen-bond donors (Lipinski definition) is 1. The Balaban J connectivity index is 0.000000215. The lowest BCUT2D eigenvalue weighted by molar-refractivity contribution is -0.404. The first-order valence-electron chi connectivity index (χ1n) is 7.87. The smallest absolute Gasteiger partial charge is 0.324 e. The molecule has 30 heavy (non-hydrogen) atoms. The number of hydrogen-bond acceptors (Lipinski definition) is 10. The zero-order valence-electron chi connectivity index (χ0n) is 14.8. The number of phenolic OH excluding ortho intramolecular Hbond substituents is 1. The number of non-ortho nitro benzene ring substituents is 1. The summed E-state index contributed by atoms with van der Waals surface area (Å²) in [6.07, 6.45) is 6.38. The molecule has 13 nitrogen and oxygen atoms in total. The molecule has 13 heteroatoms. The number of benzene rings is 1. The Hall–Kier alpha value is -4.81. The van der Waals surface area contributed by atoms with Gasteiger partial charge in [-0.1, -0.05) is 0 Å². The third-order valence-electron chi connectivity index (χ3n) is 3.51. The van der Waals surface area contributed by atoms with Gasteiger partial charge in [0.15, 0.2) is 5.78 Å². The van der Waals surface area contributed by atoms with Crippen LogP contribution in [0.1, 0.15) is 15.9 Å². The lowest BCUT2D eigenvalue weighted by atomic mass is 10.1. The van der Waals surface area contributed by atoms with Crippen molar-refractivity contribution >= 4 is 22.8 Å². The summed E-state index contributed by atoms with van der Waals surface area (Å²) in [5.74, 6) is -1.26. The molecule has 0 amide bonds. The monoisotopic (exact) mass is 413 g/mol. The van der Waals surface area contributed by atoms with Crippen LogP contribution in [0.4, 0.5) is 17.1 Å². The lowest BCUT2D eigenvalue weighted by Crippen LogP contribution is -2.01. The van der Waals surface area contributed by atoms with Crippen molar-refractivity contribution in [3.63, 3.8) is 0 Å². The number of nitrogens with zero attached hydrogens (tertiary/aromatic N) is 5. The first-order chi connectivity index (χ1) is 14.2. The zero-order chi connectivity index (χ0) is 22.3. The van der Waals surface area contributed by atoms with Crippen LogP contribution >= 0.6 is 0 Å². The van der Waals surface area contributed by atoms with Crippen LogP contribution in [0.25, 0.3) is 0 Å². The third kappa shape index (κ3) is 5.13. The quantitative estimate of drug-likeness (QED) is 0.369. The molecular weight excluding hydrogens is 402 g/mol. The van der Waals surface area contributed by atoms with E-state index in [1.165, 1.54) is 0 Å². The van der Waals surface area contributed by atoms with Crippen LogP contribution in [0.3, 0.4) is 0 Å². The van der Waals surface area contributed by atoms with Crippen molar-refractivity contribution < 1.29 is 24.7 Å². The van der Waals surface area contributed by atoms with Crippen LogP contribution in [0.2, 0.25) is 0 Å². The summed E-state index contributed by atoms with van der Waals surface area (Å²) in [5, 5.41) is 40.2. The number of aromatic nitrogens is 2. The number of carbonyl (C=O) groups is 1. The summed E-state index contributed by atoms with van der Waals surface area (Å²) in [7, 11) is 0. The molecule has 1 aromatic carbocycles. The highest BCUT2D eigenvalue weighted by atomic mass is 16.6. The van der Waals surface area contributed by atoms with Gasteiger partial charge in [-0.25, -0.2) is 0 Å². The maximum absolute atomic E-state index is 11.8. The summed E-state index contributed by atoms with van der Waals surface area (Å²) >= 11 is 0. The summed E-state index contributed by atoms with van der Waals surface area (Å²) in [4.78, 5) is 47.3. The molecule has 0 atom stereocenters. The average molecular weight is 413 g/mol. The molecule has 0 fully saturated rings. The van der Waals surface area contributed by atoms with Crippen molar-refractivity contribution in [3.8, 4) is 5.75 Å². The van der Waals surface area contributed by atoms with Crippen molar-refractivity contribution in [3.05, 3.63) is 103 Å². The number of nitro groups is 3. The van der Waals surface area contributed by atoms with E-state index in [1.807, 2.05) is 0 Å². The summed E-state index contributed by atoms with van der Waals surface area (Å²) in [6.45, 7) is 0. The fraction of sp³-hybridized carbons (Fsp3) is 0. The lowest BCUT2D eigenvalue weighted by Gasteiger charge is -1.98. The first-order valence-corrected chi connectivity index (χ1v) is 7.87. The molecule has 0 saturated carbocycles. The second-order valence-electron chi connectivity index (χ2n) is 5.42. The van der Waals surface area contributed by atoms with Gasteiger partial charge < -0.3 is 5.11 Å². The molecule has 0 saturated heterocycles. The number of carbonyl (C=O) groups excluding carboxylic acids is 1. The number of rotatable bonds is 5. The molecule has 1 N–H and O–H groups in total. The Morgan fingerprint density at radius 3 is 1.53 bits per heavy atom. The molecule has 0 unspecified atom stereocenters. The highest BCUT2D eigenvalue weighted by molar-refractivity contribution is 6.08. The molecule has 2 heterocycles. The topological polar surface area (TPSA) is 192 Å². The minimum atomic E-state index is -1.21. The minimum absolute atomic E-state index is 0.0498. The normalized spacial score (nSPS) is 9.73. The molecule has 0 spiro atoms. The fourth-order valence-corrected chi connectivity index (χ4v) is 2.13. The molecule has 152 valence electrons. The fourth-order valence-electron chi connectivity index (χ4n) is 2.13. The van der Waals surface area contributed by atoms with Gasteiger partial charge in [0.1, 0.15) is 0 Å². The van der Waals surface area contributed by atoms with Gasteiger partial charge in [-0.05, 0) is 24.3 Å². The number of nitro benzene ring substituents is 3. The highest BCUT2D eigenvalue weighted by Gasteiger charge is 2.30. The third-order valence-corrected chi connectivity index (χ3v) is 3.51. The largest absolute Gasteiger partial charge is 0.497 e. The van der Waals surface area contributed by atoms with E-state index in [4.69, 9.17) is 5.11 Å². The number of phenols is 1. The van der Waals surface area contributed by atoms with Crippen molar-refractivity contribution in [2.45, 2.75) is 0 Å². The van der Waals surface area contributed by atoms with Gasteiger partial charge in [0.25, 0.3) is 11.4 Å². The molecule has 0 bridgehead atoms. The number of pyridine rings is 2. The molecule has 0 aliphatic heterocycles. The molecule has 2 aromatic heterocycles. The van der Waals surface area contributed by atoms with Crippen molar-refractivity contribution in [2.75, 3.05) is 0 Å². The number of aromatic hydroxyl groups is 1. The molecule has 0 aliphatic rings. The second kappa shape index (κ2) is 9.41. The predicted molar refractivity (Wildman–Crippen MR) is 100.0 cm³/mol. The van der Waals surface area contributed by atoms with E-state index >= 15 is 0 Å². The molecule has 3 rings (SSSR count). The Morgan fingerprint density at radius 1 is 0.800 bits per heavy atom. The van der Waals surface area contributed by atoms with Crippen molar-refractivity contribution in [2.24, 2.45) is 0 Å². The van der Waals surface area contributed by atoms with Gasteiger partial charge in [-0.15, -0.1) is 0 Å². The van der Waals surface area contributed by atoms with Crippen LogP contribution < -0.4 is 0 Å². The first kappa shape index (κ1) is 21.5. The van der Waals surface area contributed by atoms with Crippen LogP contribution in [0, 0.1) is 30.3 Å². The maximum atomic E-state index is 11.8. The SMILES string of the molecule is O=C(c1cccnc1)c1cccnc1.O=[N+]([O-])c1cc([N+](=O)[O-])c(O)c([N+](=O)[O-])c1. The average Bonchev–Trinajstić information content (AvgIpc) is 2.74. The van der Waals surface area contributed by atoms with E-state index in [9.17, 15) is 35.1 Å². The van der Waals surface area contributed by atoms with Gasteiger partial charge in [-0.3, -0.25) is 45.1 Å². The molecular formula is C17H11N5O8. The Morgan fingerprint density at radius 2 is 1.23 bits per heavy atom. The van der Waals surface area contributed by atoms with E-state index in [-0.39, 0.29) is 5.78 Å². The molecule has 0 radical (unpaired) electrons. The minimum Gasteiger partial charge on any atom is -0.497 e. The van der Waals surface area contributed by atoms with Crippen molar-refractivity contribution in [1.29, 1.82) is 0 Å². The second-order valence-corrected chi connectivity index (χ2v) is 5.42. The van der Waals surface area contributed by atoms with E-state index in [1.54, 1.807) is 49.1 Å². The number of ketones is 1. The summed E-state index contributed by atoms with van der Waals surface area (Å²) in [5.41, 5.74) is -1.83. The standard InChI is InChI=1S/C11H8N2O.C6H3N3O7/c14-11(9-3-1-5-12-7-9)10-4-2-6-13-8-10;10-6-4(8(13)14)1-3(7(11)12)2-5(6)9(15)16/h1-8H;1-2,10H. The summed E-state index contributed by atoms with van der Waals surface area (Å²) in [6, 6.07) is 7.85.